The average molecular weight is 277 g/mol. The van der Waals surface area contributed by atoms with Crippen molar-refractivity contribution >= 4 is 11.7 Å². The average Bonchev–Trinajstić information content (AvgIpc) is 2.46. The van der Waals surface area contributed by atoms with Gasteiger partial charge in [-0.1, -0.05) is 18.7 Å². The summed E-state index contributed by atoms with van der Waals surface area (Å²) in [5.74, 6) is -2.27. The van der Waals surface area contributed by atoms with Gasteiger partial charge < -0.3 is 10.0 Å². The summed E-state index contributed by atoms with van der Waals surface area (Å²) < 4.78 is 12.8. The Morgan fingerprint density at radius 2 is 1.90 bits per heavy atom. The number of halogens is 1. The van der Waals surface area contributed by atoms with Crippen molar-refractivity contribution in [2.24, 2.45) is 0 Å². The van der Waals surface area contributed by atoms with E-state index in [0.29, 0.717) is 0 Å². The number of Topliss-reactive ketones (excluding diaryl/α,β-unsaturated/α-hetero) is 1. The number of amides is 1. The number of allylic oxidation sites excluding steroid dienone is 2. The number of aliphatic hydroxyl groups is 1. The fourth-order valence-corrected chi connectivity index (χ4v) is 1.55. The lowest BCUT2D eigenvalue weighted by molar-refractivity contribution is -0.129. The van der Waals surface area contributed by atoms with Gasteiger partial charge in [0.25, 0.3) is 5.91 Å². The van der Waals surface area contributed by atoms with Crippen LogP contribution in [0.15, 0.2) is 48.3 Å². The van der Waals surface area contributed by atoms with E-state index in [-0.39, 0.29) is 17.9 Å². The van der Waals surface area contributed by atoms with Gasteiger partial charge >= 0.3 is 0 Å². The minimum atomic E-state index is -0.802. The van der Waals surface area contributed by atoms with Gasteiger partial charge in [0.1, 0.15) is 5.82 Å². The molecule has 0 saturated heterocycles. The highest BCUT2D eigenvalue weighted by atomic mass is 19.1. The van der Waals surface area contributed by atoms with Crippen LogP contribution in [0.2, 0.25) is 0 Å². The van der Waals surface area contributed by atoms with Crippen LogP contribution in [0.3, 0.4) is 0 Å². The zero-order valence-corrected chi connectivity index (χ0v) is 11.4. The van der Waals surface area contributed by atoms with Crippen LogP contribution >= 0.6 is 0 Å². The minimum absolute atomic E-state index is 0.210. The molecule has 5 heteroatoms. The van der Waals surface area contributed by atoms with E-state index in [4.69, 9.17) is 0 Å². The topological polar surface area (TPSA) is 57.6 Å². The van der Waals surface area contributed by atoms with Gasteiger partial charge in [-0.2, -0.15) is 0 Å². The van der Waals surface area contributed by atoms with Crippen LogP contribution in [0.4, 0.5) is 4.39 Å². The van der Waals surface area contributed by atoms with Crippen LogP contribution < -0.4 is 0 Å². The van der Waals surface area contributed by atoms with Gasteiger partial charge in [-0.25, -0.2) is 4.39 Å². The largest absolute Gasteiger partial charge is 0.504 e. The van der Waals surface area contributed by atoms with E-state index in [1.807, 2.05) is 0 Å². The molecule has 0 unspecified atom stereocenters. The molecular formula is C15H16FNO3. The number of nitrogens with zero attached hydrogens (tertiary/aromatic N) is 1. The number of ketones is 1. The van der Waals surface area contributed by atoms with Crippen LogP contribution in [-0.2, 0) is 16.1 Å². The molecule has 1 aromatic rings. The second-order valence-corrected chi connectivity index (χ2v) is 4.27. The van der Waals surface area contributed by atoms with Crippen molar-refractivity contribution in [1.82, 2.24) is 4.90 Å². The lowest BCUT2D eigenvalue weighted by atomic mass is 10.1. The molecule has 0 aromatic heterocycles. The van der Waals surface area contributed by atoms with Gasteiger partial charge in [0.15, 0.2) is 5.76 Å². The first kappa shape index (κ1) is 15.6. The van der Waals surface area contributed by atoms with Crippen LogP contribution in [0.5, 0.6) is 0 Å². The molecule has 1 amide bonds. The van der Waals surface area contributed by atoms with Crippen LogP contribution in [0, 0.1) is 5.82 Å². The molecule has 0 bridgehead atoms. The van der Waals surface area contributed by atoms with Crippen LogP contribution in [0.25, 0.3) is 0 Å². The molecule has 1 rings (SSSR count). The van der Waals surface area contributed by atoms with Crippen LogP contribution in [0.1, 0.15) is 12.5 Å². The monoisotopic (exact) mass is 277 g/mol. The number of hydrogen-bond acceptors (Lipinski definition) is 3. The Morgan fingerprint density at radius 3 is 2.40 bits per heavy atom. The third-order valence-electron chi connectivity index (χ3n) is 2.72. The van der Waals surface area contributed by atoms with Crippen molar-refractivity contribution in [2.75, 3.05) is 7.05 Å². The van der Waals surface area contributed by atoms with Crippen molar-refractivity contribution in [1.29, 1.82) is 0 Å². The molecule has 0 fully saturated rings. The summed E-state index contributed by atoms with van der Waals surface area (Å²) in [6.45, 7) is 5.09. The third-order valence-corrected chi connectivity index (χ3v) is 2.72. The number of likely N-dealkylation sites (N-methyl/N-ethyl adjacent to an activating group) is 1. The molecule has 0 atom stereocenters. The summed E-state index contributed by atoms with van der Waals surface area (Å²) in [4.78, 5) is 24.8. The van der Waals surface area contributed by atoms with Gasteiger partial charge in [0.2, 0.25) is 5.78 Å². The highest BCUT2D eigenvalue weighted by molar-refractivity contribution is 6.23. The summed E-state index contributed by atoms with van der Waals surface area (Å²) in [7, 11) is 1.50. The van der Waals surface area contributed by atoms with Crippen molar-refractivity contribution in [3.8, 4) is 0 Å². The molecular weight excluding hydrogens is 261 g/mol. The summed E-state index contributed by atoms with van der Waals surface area (Å²) in [5.41, 5.74) is 0.406. The summed E-state index contributed by atoms with van der Waals surface area (Å²) in [6, 6.07) is 5.68. The van der Waals surface area contributed by atoms with Crippen molar-refractivity contribution < 1.29 is 19.1 Å². The smallest absolute Gasteiger partial charge is 0.257 e. The zero-order chi connectivity index (χ0) is 15.3. The van der Waals surface area contributed by atoms with Gasteiger partial charge in [-0.05, 0) is 30.7 Å². The summed E-state index contributed by atoms with van der Waals surface area (Å²) in [6.07, 6.45) is 1.20. The number of benzene rings is 1. The summed E-state index contributed by atoms with van der Waals surface area (Å²) >= 11 is 0. The maximum absolute atomic E-state index is 12.8. The van der Waals surface area contributed by atoms with E-state index in [2.05, 4.69) is 6.58 Å². The highest BCUT2D eigenvalue weighted by Gasteiger charge is 2.21. The molecule has 0 aliphatic rings. The Balaban J connectivity index is 2.74. The number of hydrogen-bond donors (Lipinski definition) is 1. The molecule has 0 aliphatic heterocycles. The number of rotatable bonds is 5. The molecule has 4 nitrogen and oxygen atoms in total. The number of carbonyl (C=O) groups excluding carboxylic acids is 2. The summed E-state index contributed by atoms with van der Waals surface area (Å²) in [5, 5.41) is 9.29. The minimum Gasteiger partial charge on any atom is -0.504 e. The predicted molar refractivity (Wildman–Crippen MR) is 73.4 cm³/mol. The second kappa shape index (κ2) is 6.65. The quantitative estimate of drug-likeness (QED) is 0.389. The van der Waals surface area contributed by atoms with Crippen molar-refractivity contribution in [3.05, 3.63) is 59.6 Å². The van der Waals surface area contributed by atoms with E-state index in [0.717, 1.165) is 5.56 Å². The van der Waals surface area contributed by atoms with Crippen LogP contribution in [-0.4, -0.2) is 28.7 Å². The molecule has 1 N–H and O–H groups in total. The van der Waals surface area contributed by atoms with E-state index in [1.54, 1.807) is 12.1 Å². The normalized spacial score (nSPS) is 11.1. The lowest BCUT2D eigenvalue weighted by Crippen LogP contribution is -2.30. The Kier molecular flexibility index (Phi) is 5.20. The van der Waals surface area contributed by atoms with E-state index in [9.17, 15) is 19.1 Å². The molecule has 0 radical (unpaired) electrons. The Bertz CT molecular complexity index is 561. The second-order valence-electron chi connectivity index (χ2n) is 4.27. The predicted octanol–water partition coefficient (Wildman–Crippen LogP) is 2.37. The van der Waals surface area contributed by atoms with Crippen molar-refractivity contribution in [2.45, 2.75) is 13.5 Å². The SMILES string of the molecule is C=C(C(=O)C(O)=CC)C(=O)N(C)Cc1ccc(F)cc1. The molecule has 0 spiro atoms. The van der Waals surface area contributed by atoms with E-state index < -0.39 is 17.4 Å². The van der Waals surface area contributed by atoms with Gasteiger partial charge in [0, 0.05) is 13.6 Å². The first-order valence-corrected chi connectivity index (χ1v) is 5.95. The number of carbonyl (C=O) groups is 2. The fraction of sp³-hybridized carbons (Fsp3) is 0.200. The third kappa shape index (κ3) is 3.78. The zero-order valence-electron chi connectivity index (χ0n) is 11.4. The number of aliphatic hydroxyl groups excluding tert-OH is 1. The molecule has 0 aliphatic carbocycles. The molecule has 0 saturated carbocycles. The Morgan fingerprint density at radius 1 is 1.35 bits per heavy atom. The molecule has 0 heterocycles. The van der Waals surface area contributed by atoms with Crippen molar-refractivity contribution in [3.63, 3.8) is 0 Å². The standard InChI is InChI=1S/C15H16FNO3/c1-4-13(18)14(19)10(2)15(20)17(3)9-11-5-7-12(16)8-6-11/h4-8,18H,2,9H2,1,3H3. The van der Waals surface area contributed by atoms with Gasteiger partial charge in [-0.3, -0.25) is 9.59 Å². The first-order valence-electron chi connectivity index (χ1n) is 5.95. The van der Waals surface area contributed by atoms with E-state index in [1.165, 1.54) is 37.1 Å². The van der Waals surface area contributed by atoms with Gasteiger partial charge in [0.05, 0.1) is 5.57 Å². The van der Waals surface area contributed by atoms with E-state index >= 15 is 0 Å². The maximum atomic E-state index is 12.8. The Labute approximate surface area is 116 Å². The molecule has 20 heavy (non-hydrogen) atoms. The fourth-order valence-electron chi connectivity index (χ4n) is 1.55. The highest BCUT2D eigenvalue weighted by Crippen LogP contribution is 2.10. The maximum Gasteiger partial charge on any atom is 0.257 e. The molecule has 1 aromatic carbocycles. The molecule has 106 valence electrons. The Hall–Kier alpha value is -2.43. The first-order chi connectivity index (χ1) is 9.36. The lowest BCUT2D eigenvalue weighted by Gasteiger charge is -2.18. The van der Waals surface area contributed by atoms with Gasteiger partial charge in [-0.15, -0.1) is 0 Å².